The van der Waals surface area contributed by atoms with Crippen LogP contribution in [0.4, 0.5) is 0 Å². The second-order valence-electron chi connectivity index (χ2n) is 6.49. The Morgan fingerprint density at radius 1 is 1.19 bits per heavy atom. The molecule has 0 aliphatic rings. The van der Waals surface area contributed by atoms with Gasteiger partial charge in [-0.1, -0.05) is 37.6 Å². The molecular formula is C19H22ClN3O4. The number of nitrogens with one attached hydrogen (secondary N) is 1. The molecule has 0 saturated carbocycles. The summed E-state index contributed by atoms with van der Waals surface area (Å²) in [4.78, 5) is 36.2. The number of carbonyl (C=O) groups excluding carboxylic acids is 2. The summed E-state index contributed by atoms with van der Waals surface area (Å²) < 4.78 is 5.78. The summed E-state index contributed by atoms with van der Waals surface area (Å²) in [6.45, 7) is 3.57. The lowest BCUT2D eigenvalue weighted by atomic mass is 10.0. The van der Waals surface area contributed by atoms with Gasteiger partial charge in [-0.3, -0.25) is 9.59 Å². The van der Waals surface area contributed by atoms with Gasteiger partial charge in [-0.15, -0.1) is 0 Å². The zero-order valence-electron chi connectivity index (χ0n) is 15.4. The second-order valence-corrected chi connectivity index (χ2v) is 6.93. The number of rotatable bonds is 7. The fraction of sp³-hybridized carbons (Fsp3) is 0.368. The molecule has 7 nitrogen and oxygen atoms in total. The van der Waals surface area contributed by atoms with Crippen LogP contribution in [0.2, 0.25) is 5.02 Å². The van der Waals surface area contributed by atoms with E-state index in [9.17, 15) is 14.4 Å². The summed E-state index contributed by atoms with van der Waals surface area (Å²) in [6.07, 6.45) is 0.436. The number of esters is 1. The maximum Gasteiger partial charge on any atom is 0.328 e. The minimum absolute atomic E-state index is 0.184. The van der Waals surface area contributed by atoms with Crippen molar-refractivity contribution in [2.45, 2.75) is 32.9 Å². The molecule has 1 aromatic carbocycles. The Kier molecular flexibility index (Phi) is 7.12. The molecule has 0 spiro atoms. The Morgan fingerprint density at radius 3 is 2.44 bits per heavy atom. The Hall–Kier alpha value is -2.67. The number of amides is 1. The highest BCUT2D eigenvalue weighted by atomic mass is 35.5. The summed E-state index contributed by atoms with van der Waals surface area (Å²) in [5, 5.41) is 7.43. The van der Waals surface area contributed by atoms with Crippen molar-refractivity contribution in [2.75, 3.05) is 7.11 Å². The molecule has 8 heteroatoms. The van der Waals surface area contributed by atoms with Crippen LogP contribution >= 0.6 is 11.6 Å². The lowest BCUT2D eigenvalue weighted by Gasteiger charge is -2.18. The molecule has 0 fully saturated rings. The summed E-state index contributed by atoms with van der Waals surface area (Å²) in [5.41, 5.74) is 0.882. The fourth-order valence-corrected chi connectivity index (χ4v) is 2.67. The summed E-state index contributed by atoms with van der Waals surface area (Å²) in [7, 11) is 1.27. The van der Waals surface area contributed by atoms with E-state index in [0.29, 0.717) is 17.1 Å². The summed E-state index contributed by atoms with van der Waals surface area (Å²) in [6, 6.07) is 9.13. The van der Waals surface area contributed by atoms with Crippen LogP contribution in [-0.2, 0) is 20.9 Å². The first-order valence-electron chi connectivity index (χ1n) is 8.51. The quantitative estimate of drug-likeness (QED) is 0.731. The van der Waals surface area contributed by atoms with E-state index in [2.05, 4.69) is 10.4 Å². The third kappa shape index (κ3) is 5.92. The van der Waals surface area contributed by atoms with Gasteiger partial charge in [0.15, 0.2) is 0 Å². The van der Waals surface area contributed by atoms with Gasteiger partial charge < -0.3 is 10.1 Å². The van der Waals surface area contributed by atoms with Gasteiger partial charge in [0.2, 0.25) is 5.91 Å². The van der Waals surface area contributed by atoms with E-state index in [1.165, 1.54) is 13.2 Å². The van der Waals surface area contributed by atoms with Crippen LogP contribution in [0.3, 0.4) is 0 Å². The number of hydrogen-bond acceptors (Lipinski definition) is 5. The van der Waals surface area contributed by atoms with Gasteiger partial charge in [0.05, 0.1) is 12.8 Å². The third-order valence-corrected chi connectivity index (χ3v) is 4.08. The Morgan fingerprint density at radius 2 is 1.85 bits per heavy atom. The van der Waals surface area contributed by atoms with Crippen LogP contribution < -0.4 is 10.9 Å². The van der Waals surface area contributed by atoms with E-state index in [1.807, 2.05) is 13.8 Å². The largest absolute Gasteiger partial charge is 0.467 e. The molecule has 0 aliphatic carbocycles. The van der Waals surface area contributed by atoms with Crippen LogP contribution in [0, 0.1) is 5.92 Å². The molecule has 0 bridgehead atoms. The van der Waals surface area contributed by atoms with Gasteiger partial charge in [-0.25, -0.2) is 9.48 Å². The van der Waals surface area contributed by atoms with Crippen LogP contribution in [0.15, 0.2) is 41.2 Å². The number of methoxy groups -OCH3 is 1. The topological polar surface area (TPSA) is 90.3 Å². The van der Waals surface area contributed by atoms with E-state index in [1.54, 1.807) is 30.3 Å². The van der Waals surface area contributed by atoms with Crippen LogP contribution in [0.5, 0.6) is 0 Å². The van der Waals surface area contributed by atoms with Gasteiger partial charge in [-0.05, 0) is 30.5 Å². The van der Waals surface area contributed by atoms with Crippen molar-refractivity contribution < 1.29 is 14.3 Å². The molecule has 1 atom stereocenters. The van der Waals surface area contributed by atoms with Crippen molar-refractivity contribution in [1.82, 2.24) is 15.1 Å². The Labute approximate surface area is 162 Å². The van der Waals surface area contributed by atoms with Gasteiger partial charge in [0, 0.05) is 16.7 Å². The number of carbonyl (C=O) groups is 2. The SMILES string of the molecule is COC(=O)[C@@H](CC(C)C)NC(=O)Cn1nc(-c2ccc(Cl)cc2)ccc1=O. The van der Waals surface area contributed by atoms with Gasteiger partial charge in [0.1, 0.15) is 12.6 Å². The maximum absolute atomic E-state index is 12.3. The number of nitrogens with zero attached hydrogens (tertiary/aromatic N) is 2. The molecule has 1 amide bonds. The third-order valence-electron chi connectivity index (χ3n) is 3.83. The smallest absolute Gasteiger partial charge is 0.328 e. The zero-order valence-corrected chi connectivity index (χ0v) is 16.2. The first-order chi connectivity index (χ1) is 12.8. The van der Waals surface area contributed by atoms with Crippen molar-refractivity contribution >= 4 is 23.5 Å². The highest BCUT2D eigenvalue weighted by Gasteiger charge is 2.23. The number of aromatic nitrogens is 2. The molecule has 1 heterocycles. The molecule has 0 radical (unpaired) electrons. The van der Waals surface area contributed by atoms with E-state index in [4.69, 9.17) is 16.3 Å². The minimum atomic E-state index is -0.766. The molecule has 0 unspecified atom stereocenters. The lowest BCUT2D eigenvalue weighted by Crippen LogP contribution is -2.44. The molecule has 27 heavy (non-hydrogen) atoms. The number of halogens is 1. The molecule has 0 aliphatic heterocycles. The van der Waals surface area contributed by atoms with Crippen LogP contribution in [-0.4, -0.2) is 34.8 Å². The van der Waals surface area contributed by atoms with E-state index in [-0.39, 0.29) is 12.5 Å². The zero-order chi connectivity index (χ0) is 20.0. The van der Waals surface area contributed by atoms with Crippen molar-refractivity contribution in [3.63, 3.8) is 0 Å². The molecule has 0 saturated heterocycles. The predicted molar refractivity (Wildman–Crippen MR) is 102 cm³/mol. The average Bonchev–Trinajstić information content (AvgIpc) is 2.62. The van der Waals surface area contributed by atoms with Crippen LogP contribution in [0.1, 0.15) is 20.3 Å². The minimum Gasteiger partial charge on any atom is -0.467 e. The fourth-order valence-electron chi connectivity index (χ4n) is 2.54. The van der Waals surface area contributed by atoms with E-state index < -0.39 is 23.5 Å². The highest BCUT2D eigenvalue weighted by Crippen LogP contribution is 2.18. The summed E-state index contributed by atoms with van der Waals surface area (Å²) >= 11 is 5.88. The highest BCUT2D eigenvalue weighted by molar-refractivity contribution is 6.30. The molecular weight excluding hydrogens is 370 g/mol. The molecule has 2 aromatic rings. The number of benzene rings is 1. The van der Waals surface area contributed by atoms with E-state index in [0.717, 1.165) is 10.2 Å². The molecule has 1 aromatic heterocycles. The van der Waals surface area contributed by atoms with E-state index >= 15 is 0 Å². The Balaban J connectivity index is 2.16. The second kappa shape index (κ2) is 9.32. The van der Waals surface area contributed by atoms with Crippen molar-refractivity contribution in [3.8, 4) is 11.3 Å². The first kappa shape index (κ1) is 20.6. The maximum atomic E-state index is 12.3. The first-order valence-corrected chi connectivity index (χ1v) is 8.89. The standard InChI is InChI=1S/C19H22ClN3O4/c1-12(2)10-16(19(26)27-3)21-17(24)11-23-18(25)9-8-15(22-23)13-4-6-14(20)7-5-13/h4-9,12,16H,10-11H2,1-3H3,(H,21,24)/t16-/m1/s1. The van der Waals surface area contributed by atoms with Crippen molar-refractivity contribution in [1.29, 1.82) is 0 Å². The Bertz CT molecular complexity index is 862. The lowest BCUT2D eigenvalue weighted by molar-refractivity contribution is -0.145. The normalized spacial score (nSPS) is 11.9. The number of hydrogen-bond donors (Lipinski definition) is 1. The van der Waals surface area contributed by atoms with Crippen molar-refractivity contribution in [2.24, 2.45) is 5.92 Å². The monoisotopic (exact) mass is 391 g/mol. The van der Waals surface area contributed by atoms with Gasteiger partial charge >= 0.3 is 5.97 Å². The summed E-state index contributed by atoms with van der Waals surface area (Å²) in [5.74, 6) is -0.829. The number of ether oxygens (including phenoxy) is 1. The van der Waals surface area contributed by atoms with Crippen LogP contribution in [0.25, 0.3) is 11.3 Å². The molecule has 144 valence electrons. The van der Waals surface area contributed by atoms with Gasteiger partial charge in [0.25, 0.3) is 5.56 Å². The molecule has 1 N–H and O–H groups in total. The van der Waals surface area contributed by atoms with Gasteiger partial charge in [-0.2, -0.15) is 5.10 Å². The predicted octanol–water partition coefficient (Wildman–Crippen LogP) is 2.27. The average molecular weight is 392 g/mol. The molecule has 2 rings (SSSR count). The van der Waals surface area contributed by atoms with Crippen molar-refractivity contribution in [3.05, 3.63) is 51.8 Å².